The summed E-state index contributed by atoms with van der Waals surface area (Å²) < 4.78 is 0. The maximum atomic E-state index is 13.1. The van der Waals surface area contributed by atoms with Gasteiger partial charge in [0.15, 0.2) is 0 Å². The minimum absolute atomic E-state index is 0.00223. The number of nitrogens with zero attached hydrogens (tertiary/aromatic N) is 1. The molecular formula is C22H23NO2. The summed E-state index contributed by atoms with van der Waals surface area (Å²) in [6, 6.07) is 18.2. The Morgan fingerprint density at radius 3 is 2.32 bits per heavy atom. The van der Waals surface area contributed by atoms with Gasteiger partial charge in [0.25, 0.3) is 0 Å². The third-order valence-electron chi connectivity index (χ3n) is 5.81. The lowest BCUT2D eigenvalue weighted by molar-refractivity contribution is -0.122. The van der Waals surface area contributed by atoms with E-state index in [-0.39, 0.29) is 23.7 Å². The molecule has 2 amide bonds. The van der Waals surface area contributed by atoms with Crippen molar-refractivity contribution in [1.29, 1.82) is 0 Å². The van der Waals surface area contributed by atoms with Crippen LogP contribution in [-0.2, 0) is 16.0 Å². The van der Waals surface area contributed by atoms with E-state index in [0.717, 1.165) is 36.9 Å². The molecule has 2 aromatic rings. The topological polar surface area (TPSA) is 37.4 Å². The Balaban J connectivity index is 1.63. The van der Waals surface area contributed by atoms with E-state index in [4.69, 9.17) is 0 Å². The molecule has 1 aliphatic carbocycles. The van der Waals surface area contributed by atoms with E-state index in [1.807, 2.05) is 42.5 Å². The van der Waals surface area contributed by atoms with Crippen LogP contribution < -0.4 is 4.90 Å². The molecule has 0 radical (unpaired) electrons. The van der Waals surface area contributed by atoms with Gasteiger partial charge in [-0.15, -0.1) is 0 Å². The number of carbonyl (C=O) groups excluding carboxylic acids is 2. The third kappa shape index (κ3) is 2.68. The van der Waals surface area contributed by atoms with Crippen molar-refractivity contribution in [3.8, 4) is 0 Å². The van der Waals surface area contributed by atoms with E-state index in [1.54, 1.807) is 0 Å². The summed E-state index contributed by atoms with van der Waals surface area (Å²) in [5, 5.41) is 0. The average Bonchev–Trinajstić information content (AvgIpc) is 2.92. The maximum Gasteiger partial charge on any atom is 0.237 e. The summed E-state index contributed by atoms with van der Waals surface area (Å²) >= 11 is 0. The van der Waals surface area contributed by atoms with Crippen molar-refractivity contribution in [3.63, 3.8) is 0 Å². The van der Waals surface area contributed by atoms with Gasteiger partial charge in [-0.2, -0.15) is 0 Å². The minimum Gasteiger partial charge on any atom is -0.274 e. The minimum atomic E-state index is -0.170. The highest BCUT2D eigenvalue weighted by Crippen LogP contribution is 2.46. The normalized spacial score (nSPS) is 26.0. The van der Waals surface area contributed by atoms with Crippen LogP contribution >= 0.6 is 0 Å². The summed E-state index contributed by atoms with van der Waals surface area (Å²) in [6.45, 7) is 2.06. The highest BCUT2D eigenvalue weighted by atomic mass is 16.2. The molecule has 25 heavy (non-hydrogen) atoms. The quantitative estimate of drug-likeness (QED) is 0.784. The lowest BCUT2D eigenvalue weighted by Gasteiger charge is -2.28. The molecule has 128 valence electrons. The molecule has 2 aromatic carbocycles. The van der Waals surface area contributed by atoms with Crippen LogP contribution in [0, 0.1) is 11.8 Å². The Morgan fingerprint density at radius 2 is 1.56 bits per heavy atom. The number of imide groups is 1. The fourth-order valence-electron chi connectivity index (χ4n) is 4.47. The van der Waals surface area contributed by atoms with Crippen LogP contribution in [0.3, 0.4) is 0 Å². The highest BCUT2D eigenvalue weighted by Gasteiger charge is 2.50. The van der Waals surface area contributed by atoms with Gasteiger partial charge in [-0.1, -0.05) is 55.5 Å². The van der Waals surface area contributed by atoms with Gasteiger partial charge in [0.05, 0.1) is 17.5 Å². The number of hydrogen-bond acceptors (Lipinski definition) is 2. The molecule has 3 atom stereocenters. The Hall–Kier alpha value is -2.42. The number of rotatable bonds is 3. The number of para-hydroxylation sites is 1. The first-order chi connectivity index (χ1) is 12.2. The monoisotopic (exact) mass is 333 g/mol. The van der Waals surface area contributed by atoms with Gasteiger partial charge in [0, 0.05) is 0 Å². The summed E-state index contributed by atoms with van der Waals surface area (Å²) in [4.78, 5) is 27.5. The fraction of sp³-hybridized carbons (Fsp3) is 0.364. The fourth-order valence-corrected chi connectivity index (χ4v) is 4.47. The SMILES string of the molecule is CCc1ccccc1N1C(=O)[C@H]2C[C@@H](c3ccccc3)CC[C@H]2C1=O. The first-order valence-electron chi connectivity index (χ1n) is 9.21. The van der Waals surface area contributed by atoms with Crippen molar-refractivity contribution >= 4 is 17.5 Å². The molecular weight excluding hydrogens is 310 g/mol. The molecule has 0 unspecified atom stereocenters. The molecule has 1 aliphatic heterocycles. The molecule has 0 aromatic heterocycles. The van der Waals surface area contributed by atoms with Crippen molar-refractivity contribution < 1.29 is 9.59 Å². The lowest BCUT2D eigenvalue weighted by atomic mass is 9.73. The second kappa shape index (κ2) is 6.47. The van der Waals surface area contributed by atoms with Gasteiger partial charge < -0.3 is 0 Å². The van der Waals surface area contributed by atoms with Gasteiger partial charge in [0.2, 0.25) is 11.8 Å². The molecule has 1 heterocycles. The second-order valence-corrected chi connectivity index (χ2v) is 7.13. The number of amides is 2. The summed E-state index contributed by atoms with van der Waals surface area (Å²) in [7, 11) is 0. The van der Waals surface area contributed by atoms with Crippen LogP contribution in [0.1, 0.15) is 43.2 Å². The Bertz CT molecular complexity index is 799. The predicted octanol–water partition coefficient (Wildman–Crippen LogP) is 4.32. The Labute approximate surface area is 148 Å². The number of carbonyl (C=O) groups is 2. The van der Waals surface area contributed by atoms with Gasteiger partial charge >= 0.3 is 0 Å². The molecule has 1 saturated heterocycles. The predicted molar refractivity (Wildman–Crippen MR) is 98.3 cm³/mol. The van der Waals surface area contributed by atoms with Gasteiger partial charge in [-0.25, -0.2) is 4.90 Å². The first kappa shape index (κ1) is 16.1. The molecule has 0 spiro atoms. The molecule has 0 N–H and O–H groups in total. The smallest absolute Gasteiger partial charge is 0.237 e. The van der Waals surface area contributed by atoms with Crippen LogP contribution in [0.2, 0.25) is 0 Å². The number of anilines is 1. The maximum absolute atomic E-state index is 13.1. The van der Waals surface area contributed by atoms with Gasteiger partial charge in [-0.05, 0) is 48.8 Å². The van der Waals surface area contributed by atoms with Gasteiger partial charge in [-0.3, -0.25) is 9.59 Å². The average molecular weight is 333 g/mol. The Kier molecular flexibility index (Phi) is 4.16. The zero-order chi connectivity index (χ0) is 17.4. The summed E-state index contributed by atoms with van der Waals surface area (Å²) in [5.41, 5.74) is 3.13. The van der Waals surface area contributed by atoms with Crippen molar-refractivity contribution in [2.24, 2.45) is 11.8 Å². The molecule has 2 fully saturated rings. The zero-order valence-corrected chi connectivity index (χ0v) is 14.5. The van der Waals surface area contributed by atoms with Crippen LogP contribution in [-0.4, -0.2) is 11.8 Å². The number of aryl methyl sites for hydroxylation is 1. The van der Waals surface area contributed by atoms with Crippen LogP contribution in [0.4, 0.5) is 5.69 Å². The summed E-state index contributed by atoms with van der Waals surface area (Å²) in [6.07, 6.45) is 3.38. The van der Waals surface area contributed by atoms with E-state index in [2.05, 4.69) is 19.1 Å². The van der Waals surface area contributed by atoms with Gasteiger partial charge in [0.1, 0.15) is 0 Å². The largest absolute Gasteiger partial charge is 0.274 e. The van der Waals surface area contributed by atoms with Crippen LogP contribution in [0.5, 0.6) is 0 Å². The first-order valence-corrected chi connectivity index (χ1v) is 9.21. The molecule has 3 nitrogen and oxygen atoms in total. The van der Waals surface area contributed by atoms with E-state index in [1.165, 1.54) is 10.5 Å². The standard InChI is InChI=1S/C22H23NO2/c1-2-15-8-6-7-11-20(15)23-21(24)18-13-12-17(14-19(18)22(23)25)16-9-4-3-5-10-16/h3-11,17-19H,2,12-14H2,1H3/t17-,18+,19-/m0/s1. The molecule has 0 bridgehead atoms. The van der Waals surface area contributed by atoms with Crippen LogP contribution in [0.15, 0.2) is 54.6 Å². The highest BCUT2D eigenvalue weighted by molar-refractivity contribution is 6.22. The zero-order valence-electron chi connectivity index (χ0n) is 14.5. The van der Waals surface area contributed by atoms with E-state index < -0.39 is 0 Å². The van der Waals surface area contributed by atoms with Crippen molar-refractivity contribution in [2.45, 2.75) is 38.5 Å². The van der Waals surface area contributed by atoms with E-state index in [0.29, 0.717) is 5.92 Å². The van der Waals surface area contributed by atoms with Crippen molar-refractivity contribution in [3.05, 3.63) is 65.7 Å². The van der Waals surface area contributed by atoms with E-state index in [9.17, 15) is 9.59 Å². The second-order valence-electron chi connectivity index (χ2n) is 7.13. The number of benzene rings is 2. The van der Waals surface area contributed by atoms with Crippen molar-refractivity contribution in [2.75, 3.05) is 4.90 Å². The lowest BCUT2D eigenvalue weighted by Crippen LogP contribution is -2.31. The number of fused-ring (bicyclic) bond motifs is 1. The molecule has 4 rings (SSSR count). The molecule has 1 saturated carbocycles. The molecule has 2 aliphatic rings. The summed E-state index contributed by atoms with van der Waals surface area (Å²) in [5.74, 6) is 0.0632. The Morgan fingerprint density at radius 1 is 0.880 bits per heavy atom. The third-order valence-corrected chi connectivity index (χ3v) is 5.81. The van der Waals surface area contributed by atoms with Crippen LogP contribution in [0.25, 0.3) is 0 Å². The number of hydrogen-bond donors (Lipinski definition) is 0. The molecule has 3 heteroatoms. The van der Waals surface area contributed by atoms with E-state index >= 15 is 0 Å². The van der Waals surface area contributed by atoms with Crippen molar-refractivity contribution in [1.82, 2.24) is 0 Å².